The summed E-state index contributed by atoms with van der Waals surface area (Å²) in [6.07, 6.45) is 12.8. The molecule has 20 nitrogen and oxygen atoms in total. The monoisotopic (exact) mass is 1910 g/mol. The second-order valence-electron chi connectivity index (χ2n) is 33.2. The van der Waals surface area contributed by atoms with E-state index in [-0.39, 0.29) is 78.2 Å². The molecule has 8 amide bonds. The van der Waals surface area contributed by atoms with Gasteiger partial charge in [-0.15, -0.1) is 79.4 Å². The van der Waals surface area contributed by atoms with Gasteiger partial charge in [-0.3, -0.25) is 48.2 Å². The number of fused-ring (bicyclic) bond motifs is 4. The minimum absolute atomic E-state index is 0.0334. The Labute approximate surface area is 798 Å². The van der Waals surface area contributed by atoms with E-state index in [4.69, 9.17) is 22.6 Å². The highest BCUT2D eigenvalue weighted by Gasteiger charge is 2.54. The van der Waals surface area contributed by atoms with Gasteiger partial charge in [0.05, 0.1) is 136 Å². The van der Waals surface area contributed by atoms with E-state index in [0.29, 0.717) is 140 Å². The van der Waals surface area contributed by atoms with Crippen molar-refractivity contribution in [2.75, 3.05) is 66.9 Å². The van der Waals surface area contributed by atoms with Gasteiger partial charge in [-0.25, -0.2) is 15.8 Å². The van der Waals surface area contributed by atoms with Crippen molar-refractivity contribution in [3.05, 3.63) is 288 Å². The summed E-state index contributed by atoms with van der Waals surface area (Å²) in [4.78, 5) is 143. The number of methoxy groups -OCH3 is 2. The topological polar surface area (TPSA) is 190 Å². The third kappa shape index (κ3) is 17.1. The van der Waals surface area contributed by atoms with Crippen molar-refractivity contribution in [3.8, 4) is 20.9 Å². The number of hydrogen-bond acceptors (Lipinski definition) is 18. The number of halogens is 2. The number of amides is 8. The Morgan fingerprint density at radius 2 is 0.644 bits per heavy atom. The lowest BCUT2D eigenvalue weighted by Crippen LogP contribution is -2.35. The largest absolute Gasteiger partial charge is 0.364 e. The molecule has 2 aliphatic carbocycles. The van der Waals surface area contributed by atoms with Crippen LogP contribution in [0.4, 0.5) is 13.8 Å². The summed E-state index contributed by atoms with van der Waals surface area (Å²) in [7, 11) is 3.05. The molecule has 8 aliphatic heterocycles. The van der Waals surface area contributed by atoms with Crippen LogP contribution in [0.5, 0.6) is 0 Å². The van der Waals surface area contributed by atoms with Gasteiger partial charge in [-0.2, -0.15) is 15.7 Å². The fourth-order valence-corrected chi connectivity index (χ4v) is 26.6. The molecule has 16 heterocycles. The number of ether oxygens (including phenoxy) is 2. The van der Waals surface area contributed by atoms with Crippen LogP contribution < -0.4 is 0 Å². The van der Waals surface area contributed by atoms with Gasteiger partial charge in [0, 0.05) is 82.8 Å². The molecule has 0 radical (unpaired) electrons. The van der Waals surface area contributed by atoms with E-state index in [9.17, 15) is 47.1 Å². The number of aryl methyl sites for hydroxylation is 4. The summed E-state index contributed by atoms with van der Waals surface area (Å²) in [6, 6.07) is 45.3. The molecular weight excluding hydrogens is 1820 g/mol. The number of carbonyl (C=O) groups is 8. The molecule has 0 saturated heterocycles. The zero-order valence-corrected chi connectivity index (χ0v) is 81.3. The first-order chi connectivity index (χ1) is 64.0. The van der Waals surface area contributed by atoms with Crippen LogP contribution in [0.1, 0.15) is 163 Å². The lowest BCUT2D eigenvalue weighted by atomic mass is 9.88. The van der Waals surface area contributed by atoms with Gasteiger partial charge in [-0.1, -0.05) is 93.5 Å². The summed E-state index contributed by atoms with van der Waals surface area (Å²) in [6.45, 7) is 33.9. The summed E-state index contributed by atoms with van der Waals surface area (Å²) in [5.74, 6) is -0.601. The lowest BCUT2D eigenvalue weighted by Gasteiger charge is -2.31. The highest BCUT2D eigenvalue weighted by Crippen LogP contribution is 2.56. The molecule has 10 aliphatic rings. The predicted molar refractivity (Wildman–Crippen MR) is 524 cm³/mol. The lowest BCUT2D eigenvalue weighted by molar-refractivity contribution is -0.127. The van der Waals surface area contributed by atoms with Crippen LogP contribution in [0.3, 0.4) is 0 Å². The average Bonchev–Trinajstić information content (AvgIpc) is 1.56. The van der Waals surface area contributed by atoms with E-state index in [1.807, 2.05) is 111 Å². The minimum Gasteiger partial charge on any atom is -0.364 e. The van der Waals surface area contributed by atoms with Gasteiger partial charge in [0.1, 0.15) is 19.3 Å². The highest BCUT2D eigenvalue weighted by molar-refractivity contribution is 7.18. The van der Waals surface area contributed by atoms with Crippen molar-refractivity contribution in [3.63, 3.8) is 0 Å². The summed E-state index contributed by atoms with van der Waals surface area (Å²) in [5, 5.41) is 0.255. The zero-order valence-electron chi connectivity index (χ0n) is 74.7. The normalized spacial score (nSPS) is 17.6. The Hall–Kier alpha value is -11.5. The maximum atomic E-state index is 14.3. The Bertz CT molecular complexity index is 6490. The van der Waals surface area contributed by atoms with Crippen molar-refractivity contribution in [2.24, 2.45) is 11.8 Å². The molecule has 676 valence electrons. The molecule has 0 unspecified atom stereocenters. The molecule has 0 N–H and O–H groups in total. The fraction of sp³-hybridized carbons (Fsp3) is 0.314. The first kappa shape index (κ1) is 92.3. The van der Waals surface area contributed by atoms with Gasteiger partial charge in [0.15, 0.2) is 5.13 Å². The number of benzene rings is 2. The first-order valence-electron chi connectivity index (χ1n) is 44.4. The van der Waals surface area contributed by atoms with Crippen molar-refractivity contribution in [1.29, 1.82) is 0 Å². The Morgan fingerprint density at radius 3 is 0.992 bits per heavy atom. The fourth-order valence-electron chi connectivity index (χ4n) is 19.0. The molecule has 0 atom stereocenters. The molecule has 0 bridgehead atoms. The molecule has 2 aromatic carbocycles. The van der Waals surface area contributed by atoms with Crippen molar-refractivity contribution >= 4 is 189 Å². The van der Waals surface area contributed by atoms with Crippen molar-refractivity contribution in [2.45, 2.75) is 133 Å². The van der Waals surface area contributed by atoms with Gasteiger partial charge < -0.3 is 43.7 Å². The van der Waals surface area contributed by atoms with Crippen LogP contribution in [0.25, 0.3) is 76.1 Å². The predicted octanol–water partition coefficient (Wildman–Crippen LogP) is 23.0. The van der Waals surface area contributed by atoms with E-state index >= 15 is 0 Å². The number of nitrogens with zero attached hydrogens (tertiary/aromatic N) is 10. The van der Waals surface area contributed by atoms with Gasteiger partial charge >= 0.3 is 0 Å². The average molecular weight is 1920 g/mol. The van der Waals surface area contributed by atoms with E-state index in [1.165, 1.54) is 130 Å². The second kappa shape index (κ2) is 39.3. The van der Waals surface area contributed by atoms with E-state index in [1.54, 1.807) is 83.1 Å². The number of thiophene rings is 8. The first-order valence-corrected chi connectivity index (χ1v) is 50.9. The minimum atomic E-state index is -0.332. The maximum Gasteiger partial charge on any atom is 0.263 e. The Morgan fingerprint density at radius 1 is 0.333 bits per heavy atom. The smallest absolute Gasteiger partial charge is 0.263 e. The maximum absolute atomic E-state index is 14.3. The third-order valence-corrected chi connectivity index (χ3v) is 33.5. The van der Waals surface area contributed by atoms with Crippen LogP contribution in [0.15, 0.2) is 190 Å². The molecule has 2 fully saturated rings. The van der Waals surface area contributed by atoms with E-state index in [0.717, 1.165) is 120 Å². The Balaban J connectivity index is 0.000000124. The van der Waals surface area contributed by atoms with Gasteiger partial charge in [-0.05, 0) is 207 Å². The zero-order chi connectivity index (χ0) is 92.8. The van der Waals surface area contributed by atoms with E-state index < -0.39 is 0 Å². The van der Waals surface area contributed by atoms with Gasteiger partial charge in [0.2, 0.25) is 11.5 Å². The molecule has 0 spiro atoms. The number of carbonyl (C=O) groups excluding carboxylic acids is 8. The highest BCUT2D eigenvalue weighted by atomic mass is 32.1. The quantitative estimate of drug-likeness (QED) is 0.0526. The van der Waals surface area contributed by atoms with Crippen LogP contribution in [-0.2, 0) is 60.8 Å². The summed E-state index contributed by atoms with van der Waals surface area (Å²) < 4.78 is 37.7. The molecule has 8 aromatic heterocycles. The molecule has 132 heavy (non-hydrogen) atoms. The molecular formula is C102H96F2N10O10S8. The van der Waals surface area contributed by atoms with Crippen LogP contribution in [0, 0.1) is 56.7 Å². The number of rotatable bonds is 24. The molecule has 2 saturated carbocycles. The van der Waals surface area contributed by atoms with Gasteiger partial charge in [0.25, 0.3) is 47.3 Å². The number of hydrogen-bond donors (Lipinski definition) is 0. The summed E-state index contributed by atoms with van der Waals surface area (Å²) in [5.41, 5.74) is 12.2. The SMILES string of the molecule is CCN1C(=O)C2=C(c3ccc(-c4ccc(F)cc4)s3)N(CC)C(=O)C2=C1c1ccc(-c2ccc(C)cc2)s1.CCN1C(=O)C2=C(c3ccc(F)s3)N(CC)C(=O)C2=C1c1ccc(C)s1.[C-]#[N+]Cc1ccc(C2=C3C(=O)N(COC)C(c4ccc(CC)s4)=C3C(=O)N2COC)s1.[C-]#[N+]c1ccc(C2=C3C(=O)N(CC4CCCCC4)C(c4ccc(C)s4)=C3C(=O)N2CC2CCCCC2)s1. The number of likely N-dealkylation sites (N-methyl/N-ethyl adjacent to an activating group) is 4. The van der Waals surface area contributed by atoms with E-state index in [2.05, 4.69) is 72.9 Å². The molecule has 10 aromatic rings. The van der Waals surface area contributed by atoms with Crippen molar-refractivity contribution < 1.29 is 56.6 Å². The molecule has 30 heteroatoms. The summed E-state index contributed by atoms with van der Waals surface area (Å²) >= 11 is 11.7. The van der Waals surface area contributed by atoms with Crippen molar-refractivity contribution in [1.82, 2.24) is 39.2 Å². The molecule has 20 rings (SSSR count). The second-order valence-corrected chi connectivity index (χ2v) is 42.4. The van der Waals surface area contributed by atoms with Crippen LogP contribution in [-0.4, -0.2) is 153 Å². The Kier molecular flexibility index (Phi) is 27.5. The van der Waals surface area contributed by atoms with Crippen LogP contribution in [0.2, 0.25) is 0 Å². The standard InChI is InChI=1S/C31H25FN2O2S2.C30H33N3O2S2.C22H21N3O4S2.C19H17FN2O2S2/c1-4-33-28(24-16-14-22(37-24)19-8-6-18(3)7-9-19)26-27(31(33)36)29(34(5-2)30(26)35)25-17-15-23(38-25)20-10-12-21(32)13-11-20;1-19-13-14-22(36-19)27-25-26(30(35)32(27)17-20-9-5-3-6-10-20)28(23-15-16-24(31-2)37-23)33(29(25)34)18-21-11-7-4-8-12-21;1-5-13-6-8-15(30-13)19-17-18(22(27)24(19)11-28-3)20(25(12-29-4)21(17)26)16-9-7-14(31-16)10-23-2;1-4-21-16(11-7-6-10(3)25-11)14-15(19(21)24)17(22(5-2)18(14)23)12-8-9-13(20)26-12/h6-17H,4-5H2,1-3H3;13-16,20-21H,3-12,17-18H2,1H3;6-9H,5,10-12H2,1,3-4H3;6-9H,4-5H2,1-3H3. The van der Waals surface area contributed by atoms with Crippen LogP contribution >= 0.6 is 90.7 Å². The third-order valence-electron chi connectivity index (χ3n) is 25.0.